The molecule has 15 heteroatoms. The number of carboxylic acids is 4. The van der Waals surface area contributed by atoms with Crippen LogP contribution in [0.3, 0.4) is 0 Å². The maximum absolute atomic E-state index is 9.00. The Morgan fingerprint density at radius 1 is 0.609 bits per heavy atom. The predicted molar refractivity (Wildman–Crippen MR) is 63.7 cm³/mol. The Bertz CT molecular complexity index is 333. The van der Waals surface area contributed by atoms with E-state index >= 15 is 0 Å². The summed E-state index contributed by atoms with van der Waals surface area (Å²) in [5, 5.41) is 29.7. The molecule has 0 amide bonds. The van der Waals surface area contributed by atoms with Crippen LogP contribution in [0.2, 0.25) is 0 Å². The van der Waals surface area contributed by atoms with E-state index in [1.807, 2.05) is 0 Å². The summed E-state index contributed by atoms with van der Waals surface area (Å²) < 4.78 is 34.1. The molecule has 0 saturated carbocycles. The molecule has 0 heterocycles. The minimum absolute atomic E-state index is 0. The second kappa shape index (κ2) is 29.7. The molecule has 0 bridgehead atoms. The molecule has 0 aromatic rings. The molecule has 0 spiro atoms. The largest absolute Gasteiger partial charge is 1.00 e. The van der Waals surface area contributed by atoms with Gasteiger partial charge in [-0.05, 0) is 0 Å². The van der Waals surface area contributed by atoms with E-state index < -0.39 is 34.3 Å². The van der Waals surface area contributed by atoms with Gasteiger partial charge in [0.2, 0.25) is 0 Å². The topological polar surface area (TPSA) is 229 Å². The van der Waals surface area contributed by atoms with Gasteiger partial charge in [0.05, 0.1) is 0 Å². The van der Waals surface area contributed by atoms with Crippen LogP contribution in [0.5, 0.6) is 0 Å². The van der Waals surface area contributed by atoms with Gasteiger partial charge in [0.15, 0.2) is 0 Å². The van der Waals surface area contributed by atoms with Crippen LogP contribution in [0.25, 0.3) is 0 Å². The van der Waals surface area contributed by atoms with Gasteiger partial charge in [0.1, 0.15) is 0 Å². The van der Waals surface area contributed by atoms with Crippen molar-refractivity contribution < 1.29 is 116 Å². The molecule has 0 aromatic carbocycles. The zero-order valence-corrected chi connectivity index (χ0v) is 18.3. The van der Waals surface area contributed by atoms with E-state index in [1.165, 1.54) is 0 Å². The second-order valence-corrected chi connectivity index (χ2v) is 3.30. The fourth-order valence-electron chi connectivity index (χ4n) is 0. The standard InChI is InChI=1S/4C2H4O2.2Na.H2O4S/c4*1-2(3)4;;;1-5(2,3)4/h4*1H3,(H,3,4);;;(H2,1,2,3,4)/q;;;;2*+1;/p-2. The van der Waals surface area contributed by atoms with E-state index in [2.05, 4.69) is 0 Å². The zero-order chi connectivity index (χ0) is 18.8. The average molecular weight is 382 g/mol. The fraction of sp³-hybridized carbons (Fsp3) is 0.500. The molecule has 4 N–H and O–H groups in total. The Hall–Kier alpha value is -0.250. The van der Waals surface area contributed by atoms with Crippen LogP contribution in [0.15, 0.2) is 0 Å². The van der Waals surface area contributed by atoms with Crippen LogP contribution in [0, 0.1) is 0 Å². The molecule has 23 heavy (non-hydrogen) atoms. The molecule has 128 valence electrons. The summed E-state index contributed by atoms with van der Waals surface area (Å²) in [6.07, 6.45) is 0. The molecule has 0 radical (unpaired) electrons. The van der Waals surface area contributed by atoms with Crippen molar-refractivity contribution in [1.82, 2.24) is 0 Å². The van der Waals surface area contributed by atoms with E-state index in [9.17, 15) is 0 Å². The normalized spacial score (nSPS) is 6.87. The van der Waals surface area contributed by atoms with Crippen molar-refractivity contribution in [2.45, 2.75) is 27.7 Å². The number of carboxylic acid groups (broad SMARTS) is 4. The molecule has 12 nitrogen and oxygen atoms in total. The first-order chi connectivity index (χ1) is 8.93. The van der Waals surface area contributed by atoms with Crippen LogP contribution in [-0.4, -0.2) is 61.8 Å². The van der Waals surface area contributed by atoms with Crippen molar-refractivity contribution in [3.63, 3.8) is 0 Å². The van der Waals surface area contributed by atoms with E-state index in [0.29, 0.717) is 0 Å². The number of hydrogen-bond acceptors (Lipinski definition) is 8. The van der Waals surface area contributed by atoms with Crippen LogP contribution in [-0.2, 0) is 29.6 Å². The van der Waals surface area contributed by atoms with Gasteiger partial charge in [-0.1, -0.05) is 0 Å². The third-order valence-electron chi connectivity index (χ3n) is 0. The third-order valence-corrected chi connectivity index (χ3v) is 0. The summed E-state index contributed by atoms with van der Waals surface area (Å²) >= 11 is 0. The molecule has 0 aliphatic rings. The Kier molecular flexibility index (Phi) is 56.1. The van der Waals surface area contributed by atoms with Crippen LogP contribution >= 0.6 is 0 Å². The minimum atomic E-state index is -5.17. The summed E-state index contributed by atoms with van der Waals surface area (Å²) in [5.41, 5.74) is 0. The summed E-state index contributed by atoms with van der Waals surface area (Å²) in [4.78, 5) is 36.0. The summed E-state index contributed by atoms with van der Waals surface area (Å²) in [5.74, 6) is -3.33. The molecule has 0 atom stereocenters. The predicted octanol–water partition coefficient (Wildman–Crippen LogP) is -6.97. The molecule has 0 rings (SSSR count). The van der Waals surface area contributed by atoms with Gasteiger partial charge in [0, 0.05) is 38.1 Å². The Labute approximate surface area is 177 Å². The average Bonchev–Trinajstić information content (AvgIpc) is 1.91. The van der Waals surface area contributed by atoms with Crippen molar-refractivity contribution in [2.75, 3.05) is 0 Å². The van der Waals surface area contributed by atoms with Crippen molar-refractivity contribution in [1.29, 1.82) is 0 Å². The Morgan fingerprint density at radius 2 is 0.609 bits per heavy atom. The molecule has 0 unspecified atom stereocenters. The summed E-state index contributed by atoms with van der Waals surface area (Å²) in [7, 11) is -5.17. The fourth-order valence-corrected chi connectivity index (χ4v) is 0. The van der Waals surface area contributed by atoms with Gasteiger partial charge in [-0.2, -0.15) is 0 Å². The van der Waals surface area contributed by atoms with E-state index in [0.717, 1.165) is 27.7 Å². The van der Waals surface area contributed by atoms with E-state index in [-0.39, 0.29) is 59.1 Å². The smallest absolute Gasteiger partial charge is 0.759 e. The van der Waals surface area contributed by atoms with E-state index in [1.54, 1.807) is 0 Å². The van der Waals surface area contributed by atoms with Crippen LogP contribution in [0.4, 0.5) is 0 Å². The van der Waals surface area contributed by atoms with Gasteiger partial charge in [0.25, 0.3) is 23.9 Å². The number of rotatable bonds is 0. The Balaban J connectivity index is -0.0000000273. The minimum Gasteiger partial charge on any atom is -0.759 e. The molecule has 0 aliphatic carbocycles. The third kappa shape index (κ3) is 136000. The maximum atomic E-state index is 9.00. The van der Waals surface area contributed by atoms with Gasteiger partial charge in [-0.25, -0.2) is 0 Å². The first-order valence-electron chi connectivity index (χ1n) is 4.38. The number of aliphatic carboxylic acids is 4. The SMILES string of the molecule is CC(=O)O.CC(=O)O.CC(=O)O.CC(=O)O.O=S(=O)([O-])[O-].[Na+].[Na+]. The molecular formula is C8H16Na2O12S. The van der Waals surface area contributed by atoms with Gasteiger partial charge < -0.3 is 29.5 Å². The van der Waals surface area contributed by atoms with Gasteiger partial charge in [-0.15, -0.1) is 0 Å². The van der Waals surface area contributed by atoms with Crippen molar-refractivity contribution in [2.24, 2.45) is 0 Å². The second-order valence-electron chi connectivity index (χ2n) is 2.48. The molecule has 0 aliphatic heterocycles. The maximum Gasteiger partial charge on any atom is 1.00 e. The molecule has 0 saturated heterocycles. The molecule has 0 aromatic heterocycles. The van der Waals surface area contributed by atoms with Crippen molar-refractivity contribution in [3.05, 3.63) is 0 Å². The molecule has 0 fully saturated rings. The molecular weight excluding hydrogens is 366 g/mol. The summed E-state index contributed by atoms with van der Waals surface area (Å²) in [6, 6.07) is 0. The van der Waals surface area contributed by atoms with Crippen molar-refractivity contribution >= 4 is 34.3 Å². The van der Waals surface area contributed by atoms with Crippen molar-refractivity contribution in [3.8, 4) is 0 Å². The first-order valence-corrected chi connectivity index (χ1v) is 5.71. The quantitative estimate of drug-likeness (QED) is 0.174. The van der Waals surface area contributed by atoms with Crippen LogP contribution in [0.1, 0.15) is 27.7 Å². The van der Waals surface area contributed by atoms with Crippen LogP contribution < -0.4 is 59.1 Å². The number of hydrogen-bond donors (Lipinski definition) is 4. The zero-order valence-electron chi connectivity index (χ0n) is 13.5. The Morgan fingerprint density at radius 3 is 0.609 bits per heavy atom. The monoisotopic (exact) mass is 382 g/mol. The van der Waals surface area contributed by atoms with Gasteiger partial charge >= 0.3 is 59.1 Å². The van der Waals surface area contributed by atoms with E-state index in [4.69, 9.17) is 57.1 Å². The number of carbonyl (C=O) groups is 4. The summed E-state index contributed by atoms with van der Waals surface area (Å²) in [6.45, 7) is 4.33. The van der Waals surface area contributed by atoms with Gasteiger partial charge in [-0.3, -0.25) is 27.6 Å². The first kappa shape index (κ1) is 43.4.